The molecule has 0 radical (unpaired) electrons. The van der Waals surface area contributed by atoms with Crippen molar-refractivity contribution in [2.75, 3.05) is 37.7 Å². The van der Waals surface area contributed by atoms with Crippen LogP contribution in [0.5, 0.6) is 0 Å². The highest BCUT2D eigenvalue weighted by Crippen LogP contribution is 2.53. The normalized spacial score (nSPS) is 21.3. The Labute approximate surface area is 223 Å². The number of likely N-dealkylation sites (tertiary alicyclic amines) is 1. The molecule has 33 heavy (non-hydrogen) atoms. The first-order valence-corrected chi connectivity index (χ1v) is 13.9. The minimum absolute atomic E-state index is 0.00273. The van der Waals surface area contributed by atoms with Crippen LogP contribution in [0, 0.1) is 0 Å². The molecule has 1 aromatic carbocycles. The maximum absolute atomic E-state index is 15.3. The number of amides is 2. The number of rotatable bonds is 8. The zero-order valence-corrected chi connectivity index (χ0v) is 23.9. The molecule has 1 unspecified atom stereocenters. The van der Waals surface area contributed by atoms with Gasteiger partial charge in [0.2, 0.25) is 7.59 Å². The number of nitrogens with zero attached hydrogens (tertiary/aromatic N) is 2. The van der Waals surface area contributed by atoms with Gasteiger partial charge in [-0.2, -0.15) is 0 Å². The topological polar surface area (TPSA) is 61.9 Å². The Morgan fingerprint density at radius 1 is 1.24 bits per heavy atom. The number of anilines is 1. The number of piperidine rings is 1. The summed E-state index contributed by atoms with van der Waals surface area (Å²) in [6.45, 7) is 8.71. The van der Waals surface area contributed by atoms with E-state index < -0.39 is 1.68 Å². The molecule has 0 aromatic heterocycles. The van der Waals surface area contributed by atoms with Gasteiger partial charge in [-0.05, 0) is 96.0 Å². The van der Waals surface area contributed by atoms with Crippen molar-refractivity contribution in [3.8, 4) is 0 Å². The fourth-order valence-electron chi connectivity index (χ4n) is 5.31. The molecule has 1 atom stereocenters. The molecule has 0 aliphatic carbocycles. The third-order valence-electron chi connectivity index (χ3n) is 6.80. The number of benzene rings is 1. The van der Waals surface area contributed by atoms with Gasteiger partial charge in [-0.1, -0.05) is 25.5 Å². The molecule has 2 heterocycles. The van der Waals surface area contributed by atoms with Gasteiger partial charge in [0.25, 0.3) is 0 Å². The molecule has 0 bridgehead atoms. The first-order valence-electron chi connectivity index (χ1n) is 11.8. The van der Waals surface area contributed by atoms with Gasteiger partial charge >= 0.3 is 6.09 Å². The van der Waals surface area contributed by atoms with E-state index >= 15 is 4.39 Å². The highest BCUT2D eigenvalue weighted by Gasteiger charge is 2.47. The van der Waals surface area contributed by atoms with Gasteiger partial charge < -0.3 is 19.9 Å². The average Bonchev–Trinajstić information content (AvgIpc) is 3.09. The second-order valence-corrected chi connectivity index (χ2v) is 14.0. The molecule has 6 nitrogen and oxygen atoms in total. The predicted octanol–water partition coefficient (Wildman–Crippen LogP) is 5.64. The number of halogens is 3. The first-order chi connectivity index (χ1) is 15.6. The molecule has 1 N–H and O–H groups in total. The molecule has 9 heteroatoms. The Balaban J connectivity index is 1.75. The van der Waals surface area contributed by atoms with Crippen LogP contribution in [0.3, 0.4) is 0 Å². The average molecular weight is 685 g/mol. The Bertz CT molecular complexity index is 856. The van der Waals surface area contributed by atoms with Gasteiger partial charge in [-0.3, -0.25) is 4.79 Å². The van der Waals surface area contributed by atoms with Crippen LogP contribution in [-0.2, 0) is 16.6 Å². The monoisotopic (exact) mass is 685 g/mol. The number of ether oxygens (including phenoxy) is 1. The van der Waals surface area contributed by atoms with Crippen molar-refractivity contribution >= 4 is 62.9 Å². The number of fused-ring (bicyclic) bond motifs is 1. The number of hydrogen-bond donors (Lipinski definition) is 1. The molecule has 0 spiro atoms. The highest BCUT2D eigenvalue weighted by atomic mass is 127. The zero-order chi connectivity index (χ0) is 24.2. The number of carbonyl (C=O) groups is 2. The van der Waals surface area contributed by atoms with E-state index in [1.165, 1.54) is 0 Å². The molecule has 0 saturated carbocycles. The summed E-state index contributed by atoms with van der Waals surface area (Å²) in [6, 6.07) is 6.01. The molecular formula is C24H34FI2N3O3. The lowest BCUT2D eigenvalue weighted by atomic mass is 9.74. The summed E-state index contributed by atoms with van der Waals surface area (Å²) < 4.78 is 18.8. The second-order valence-electron chi connectivity index (χ2n) is 9.00. The summed E-state index contributed by atoms with van der Waals surface area (Å²) in [4.78, 5) is 28.0. The van der Waals surface area contributed by atoms with E-state index in [4.69, 9.17) is 4.74 Å². The number of carbonyl (C=O) groups excluding carboxylic acids is 2. The van der Waals surface area contributed by atoms with Gasteiger partial charge in [-0.15, -0.1) is 0 Å². The first kappa shape index (κ1) is 26.9. The minimum atomic E-state index is -1.54. The smallest absolute Gasteiger partial charge is 0.409 e. The fraction of sp³-hybridized carbons (Fsp3) is 0.667. The second kappa shape index (κ2) is 11.4. The molecule has 1 saturated heterocycles. The van der Waals surface area contributed by atoms with Crippen LogP contribution in [0.2, 0.25) is 0 Å². The van der Waals surface area contributed by atoms with Crippen LogP contribution < -0.4 is 10.2 Å². The summed E-state index contributed by atoms with van der Waals surface area (Å²) in [5.74, 6) is -0.00273. The summed E-state index contributed by atoms with van der Waals surface area (Å²) in [6.07, 6.45) is 4.22. The third-order valence-corrected chi connectivity index (χ3v) is 7.96. The Morgan fingerprint density at radius 2 is 1.94 bits per heavy atom. The van der Waals surface area contributed by atoms with Gasteiger partial charge in [0.1, 0.15) is 0 Å². The van der Waals surface area contributed by atoms with Crippen molar-refractivity contribution in [3.63, 3.8) is 0 Å². The van der Waals surface area contributed by atoms with E-state index in [0.717, 1.165) is 49.9 Å². The lowest BCUT2D eigenvalue weighted by Gasteiger charge is -2.35. The Hall–Kier alpha value is -0.690. The van der Waals surface area contributed by atoms with Gasteiger partial charge in [0.15, 0.2) is 0 Å². The maximum Gasteiger partial charge on any atom is 0.409 e. The predicted molar refractivity (Wildman–Crippen MR) is 146 cm³/mol. The van der Waals surface area contributed by atoms with Crippen molar-refractivity contribution in [3.05, 3.63) is 29.3 Å². The lowest BCUT2D eigenvalue weighted by Crippen LogP contribution is -2.46. The van der Waals surface area contributed by atoms with Crippen molar-refractivity contribution in [1.82, 2.24) is 10.2 Å². The Morgan fingerprint density at radius 3 is 2.52 bits per heavy atom. The van der Waals surface area contributed by atoms with Crippen LogP contribution in [0.1, 0.15) is 64.0 Å². The summed E-state index contributed by atoms with van der Waals surface area (Å²) in [5.41, 5.74) is 2.23. The highest BCUT2D eigenvalue weighted by molar-refractivity contribution is 14.2. The van der Waals surface area contributed by atoms with Crippen molar-refractivity contribution < 1.29 is 18.7 Å². The summed E-state index contributed by atoms with van der Waals surface area (Å²) >= 11 is 3.70. The number of nitrogens with one attached hydrogen (secondary N) is 1. The van der Waals surface area contributed by atoms with Gasteiger partial charge in [-0.25, -0.2) is 9.18 Å². The quantitative estimate of drug-likeness (QED) is 0.285. The van der Waals surface area contributed by atoms with E-state index in [2.05, 4.69) is 12.2 Å². The largest absolute Gasteiger partial charge is 0.450 e. The van der Waals surface area contributed by atoms with Crippen LogP contribution >= 0.6 is 45.2 Å². The van der Waals surface area contributed by atoms with Crippen LogP contribution in [-0.4, -0.2) is 55.7 Å². The maximum atomic E-state index is 15.3. The van der Waals surface area contributed by atoms with E-state index in [0.29, 0.717) is 37.8 Å². The van der Waals surface area contributed by atoms with Crippen LogP contribution in [0.25, 0.3) is 0 Å². The van der Waals surface area contributed by atoms with Crippen LogP contribution in [0.4, 0.5) is 14.9 Å². The zero-order valence-electron chi connectivity index (χ0n) is 19.6. The molecule has 1 aromatic rings. The van der Waals surface area contributed by atoms with E-state index in [9.17, 15) is 9.59 Å². The Kier molecular flexibility index (Phi) is 9.27. The number of hydrogen-bond acceptors (Lipinski definition) is 4. The molecule has 2 aliphatic rings. The summed E-state index contributed by atoms with van der Waals surface area (Å²) in [7, 11) is 0. The standard InChI is InChI=1S/C24H34FI2N3O3/c1-4-11-23(12-13-28-18-9-14-29(15-10-18)22(32)33-5-2)16-30(17(3)31)20-8-6-7-19(21(20)23)24(25,26)27/h6-8,18,28H,4-5,9-16H2,1-3H3. The molecule has 3 rings (SSSR count). The van der Waals surface area contributed by atoms with Gasteiger partial charge in [0.05, 0.1) is 6.61 Å². The van der Waals surface area contributed by atoms with Crippen molar-refractivity contribution in [2.24, 2.45) is 0 Å². The molecule has 184 valence electrons. The molecular weight excluding hydrogens is 651 g/mol. The third kappa shape index (κ3) is 6.12. The van der Waals surface area contributed by atoms with Crippen molar-refractivity contribution in [1.29, 1.82) is 0 Å². The van der Waals surface area contributed by atoms with Crippen molar-refractivity contribution in [2.45, 2.75) is 66.0 Å². The number of alkyl halides is 3. The van der Waals surface area contributed by atoms with E-state index in [1.807, 2.05) is 75.2 Å². The minimum Gasteiger partial charge on any atom is -0.450 e. The molecule has 2 aliphatic heterocycles. The molecule has 2 amide bonds. The SMILES string of the molecule is CCCC1(CCNC2CCN(C(=O)OCC)CC2)CN(C(C)=O)c2cccc(C(F)(I)I)c21. The summed E-state index contributed by atoms with van der Waals surface area (Å²) in [5, 5.41) is 3.68. The lowest BCUT2D eigenvalue weighted by molar-refractivity contribution is -0.116. The van der Waals surface area contributed by atoms with Crippen LogP contribution in [0.15, 0.2) is 18.2 Å². The van der Waals surface area contributed by atoms with E-state index in [1.54, 1.807) is 11.8 Å². The van der Waals surface area contributed by atoms with Gasteiger partial charge in [0, 0.05) is 49.3 Å². The van der Waals surface area contributed by atoms with E-state index in [-0.39, 0.29) is 17.4 Å². The molecule has 1 fully saturated rings. The fourth-order valence-corrected chi connectivity index (χ4v) is 6.21.